The van der Waals surface area contributed by atoms with E-state index in [0.29, 0.717) is 32.8 Å². The van der Waals surface area contributed by atoms with Crippen molar-refractivity contribution >= 4 is 11.8 Å². The summed E-state index contributed by atoms with van der Waals surface area (Å²) in [6.07, 6.45) is 1.81. The minimum absolute atomic E-state index is 0.106. The molecular weight excluding hydrogens is 356 g/mol. The van der Waals surface area contributed by atoms with E-state index < -0.39 is 6.04 Å². The number of pyridine rings is 1. The summed E-state index contributed by atoms with van der Waals surface area (Å²) in [6, 6.07) is 12.9. The third-order valence-electron chi connectivity index (χ3n) is 4.63. The van der Waals surface area contributed by atoms with Gasteiger partial charge in [-0.2, -0.15) is 0 Å². The standard InChI is InChI=1S/C21H26N4O3/c1-2-28-18-8-6-16(7-9-18)15-25-12-11-23-21(27)19(25)13-20(26)24-14-17-5-3-4-10-22-17/h3-10,19H,2,11-15H2,1H3,(H,23,27)(H,24,26)/t19-/m1/s1. The van der Waals surface area contributed by atoms with Gasteiger partial charge in [0.05, 0.1) is 31.3 Å². The number of piperazine rings is 1. The molecule has 148 valence electrons. The Morgan fingerprint density at radius 2 is 2.11 bits per heavy atom. The van der Waals surface area contributed by atoms with Gasteiger partial charge in [0.25, 0.3) is 0 Å². The highest BCUT2D eigenvalue weighted by molar-refractivity contribution is 5.88. The average Bonchev–Trinajstić information content (AvgIpc) is 2.71. The van der Waals surface area contributed by atoms with E-state index in [0.717, 1.165) is 17.0 Å². The fourth-order valence-corrected chi connectivity index (χ4v) is 3.21. The zero-order valence-corrected chi connectivity index (χ0v) is 16.1. The van der Waals surface area contributed by atoms with Gasteiger partial charge in [0.2, 0.25) is 11.8 Å². The quantitative estimate of drug-likeness (QED) is 0.723. The molecule has 1 aromatic carbocycles. The number of rotatable bonds is 8. The van der Waals surface area contributed by atoms with Crippen LogP contribution in [0.4, 0.5) is 0 Å². The molecule has 0 radical (unpaired) electrons. The predicted octanol–water partition coefficient (Wildman–Crippen LogP) is 1.49. The molecule has 0 bridgehead atoms. The van der Waals surface area contributed by atoms with Crippen molar-refractivity contribution in [1.82, 2.24) is 20.5 Å². The van der Waals surface area contributed by atoms with Crippen molar-refractivity contribution in [2.75, 3.05) is 19.7 Å². The van der Waals surface area contributed by atoms with Crippen LogP contribution in [0.2, 0.25) is 0 Å². The molecule has 0 saturated carbocycles. The molecular formula is C21H26N4O3. The molecule has 1 atom stereocenters. The smallest absolute Gasteiger partial charge is 0.237 e. The second kappa shape index (κ2) is 9.85. The van der Waals surface area contributed by atoms with Gasteiger partial charge in [0.15, 0.2) is 0 Å². The van der Waals surface area contributed by atoms with Crippen LogP contribution in [-0.2, 0) is 22.7 Å². The lowest BCUT2D eigenvalue weighted by Crippen LogP contribution is -2.56. The van der Waals surface area contributed by atoms with Crippen LogP contribution in [-0.4, -0.2) is 47.4 Å². The van der Waals surface area contributed by atoms with Crippen molar-refractivity contribution in [2.24, 2.45) is 0 Å². The Kier molecular flexibility index (Phi) is 6.97. The molecule has 1 aliphatic rings. The third kappa shape index (κ3) is 5.53. The first-order valence-electron chi connectivity index (χ1n) is 9.56. The van der Waals surface area contributed by atoms with Gasteiger partial charge in [-0.05, 0) is 36.8 Å². The molecule has 7 nitrogen and oxygen atoms in total. The molecule has 1 aromatic heterocycles. The van der Waals surface area contributed by atoms with Crippen molar-refractivity contribution in [3.05, 3.63) is 59.9 Å². The molecule has 1 fully saturated rings. The average molecular weight is 382 g/mol. The summed E-state index contributed by atoms with van der Waals surface area (Å²) in [7, 11) is 0. The fraction of sp³-hybridized carbons (Fsp3) is 0.381. The Morgan fingerprint density at radius 3 is 2.82 bits per heavy atom. The topological polar surface area (TPSA) is 83.6 Å². The van der Waals surface area contributed by atoms with Gasteiger partial charge in [-0.25, -0.2) is 0 Å². The Bertz CT molecular complexity index is 780. The van der Waals surface area contributed by atoms with Crippen LogP contribution in [0, 0.1) is 0 Å². The van der Waals surface area contributed by atoms with Gasteiger partial charge in [0.1, 0.15) is 5.75 Å². The normalized spacial score (nSPS) is 17.0. The molecule has 0 spiro atoms. The van der Waals surface area contributed by atoms with Gasteiger partial charge < -0.3 is 15.4 Å². The van der Waals surface area contributed by atoms with Gasteiger partial charge >= 0.3 is 0 Å². The van der Waals surface area contributed by atoms with Crippen LogP contribution in [0.1, 0.15) is 24.6 Å². The van der Waals surface area contributed by atoms with Crippen LogP contribution in [0.3, 0.4) is 0 Å². The number of amides is 2. The SMILES string of the molecule is CCOc1ccc(CN2CCNC(=O)[C@H]2CC(=O)NCc2ccccn2)cc1. The molecule has 7 heteroatoms. The number of nitrogens with zero attached hydrogens (tertiary/aromatic N) is 2. The van der Waals surface area contributed by atoms with Crippen LogP contribution in [0.25, 0.3) is 0 Å². The summed E-state index contributed by atoms with van der Waals surface area (Å²) in [5.41, 5.74) is 1.87. The third-order valence-corrected chi connectivity index (χ3v) is 4.63. The lowest BCUT2D eigenvalue weighted by Gasteiger charge is -2.34. The van der Waals surface area contributed by atoms with Gasteiger partial charge in [-0.3, -0.25) is 19.5 Å². The zero-order chi connectivity index (χ0) is 19.8. The minimum Gasteiger partial charge on any atom is -0.494 e. The number of carbonyl (C=O) groups excluding carboxylic acids is 2. The molecule has 2 aromatic rings. The van der Waals surface area contributed by atoms with Crippen LogP contribution in [0.15, 0.2) is 48.7 Å². The molecule has 2 amide bonds. The second-order valence-electron chi connectivity index (χ2n) is 6.66. The molecule has 2 N–H and O–H groups in total. The molecule has 0 aliphatic carbocycles. The van der Waals surface area contributed by atoms with Gasteiger partial charge in [-0.15, -0.1) is 0 Å². The number of nitrogens with one attached hydrogen (secondary N) is 2. The Morgan fingerprint density at radius 1 is 1.29 bits per heavy atom. The van der Waals surface area contributed by atoms with Crippen molar-refractivity contribution in [2.45, 2.75) is 32.5 Å². The van der Waals surface area contributed by atoms with Crippen LogP contribution < -0.4 is 15.4 Å². The van der Waals surface area contributed by atoms with E-state index in [1.165, 1.54) is 0 Å². The number of hydrogen-bond donors (Lipinski definition) is 2. The zero-order valence-electron chi connectivity index (χ0n) is 16.1. The summed E-state index contributed by atoms with van der Waals surface area (Å²) < 4.78 is 5.47. The van der Waals surface area contributed by atoms with E-state index in [2.05, 4.69) is 20.5 Å². The summed E-state index contributed by atoms with van der Waals surface area (Å²) in [5.74, 6) is 0.558. The summed E-state index contributed by atoms with van der Waals surface area (Å²) in [5, 5.41) is 5.71. The minimum atomic E-state index is -0.482. The summed E-state index contributed by atoms with van der Waals surface area (Å²) >= 11 is 0. The van der Waals surface area contributed by atoms with Crippen LogP contribution in [0.5, 0.6) is 5.75 Å². The van der Waals surface area contributed by atoms with Crippen molar-refractivity contribution in [1.29, 1.82) is 0 Å². The lowest BCUT2D eigenvalue weighted by atomic mass is 10.1. The largest absolute Gasteiger partial charge is 0.494 e. The maximum absolute atomic E-state index is 12.4. The van der Waals surface area contributed by atoms with E-state index >= 15 is 0 Å². The first kappa shape index (κ1) is 19.8. The molecule has 28 heavy (non-hydrogen) atoms. The number of hydrogen-bond acceptors (Lipinski definition) is 5. The first-order chi connectivity index (χ1) is 13.7. The number of benzene rings is 1. The summed E-state index contributed by atoms with van der Waals surface area (Å²) in [4.78, 5) is 31.0. The molecule has 0 unspecified atom stereocenters. The summed E-state index contributed by atoms with van der Waals surface area (Å²) in [6.45, 7) is 4.83. The highest BCUT2D eigenvalue weighted by Crippen LogP contribution is 2.17. The molecule has 1 saturated heterocycles. The highest BCUT2D eigenvalue weighted by atomic mass is 16.5. The van der Waals surface area contributed by atoms with E-state index in [9.17, 15) is 9.59 Å². The van der Waals surface area contributed by atoms with E-state index in [-0.39, 0.29) is 18.2 Å². The van der Waals surface area contributed by atoms with Crippen molar-refractivity contribution in [3.8, 4) is 5.75 Å². The molecule has 2 heterocycles. The van der Waals surface area contributed by atoms with Gasteiger partial charge in [0, 0.05) is 25.8 Å². The maximum Gasteiger partial charge on any atom is 0.237 e. The van der Waals surface area contributed by atoms with E-state index in [4.69, 9.17) is 4.74 Å². The monoisotopic (exact) mass is 382 g/mol. The second-order valence-corrected chi connectivity index (χ2v) is 6.66. The van der Waals surface area contributed by atoms with Crippen molar-refractivity contribution in [3.63, 3.8) is 0 Å². The fourth-order valence-electron chi connectivity index (χ4n) is 3.21. The van der Waals surface area contributed by atoms with E-state index in [1.54, 1.807) is 6.20 Å². The predicted molar refractivity (Wildman–Crippen MR) is 106 cm³/mol. The molecule has 1 aliphatic heterocycles. The van der Waals surface area contributed by atoms with E-state index in [1.807, 2.05) is 49.4 Å². The Labute approximate surface area is 165 Å². The molecule has 3 rings (SSSR count). The number of aromatic nitrogens is 1. The number of ether oxygens (including phenoxy) is 1. The first-order valence-corrected chi connectivity index (χ1v) is 9.56. The highest BCUT2D eigenvalue weighted by Gasteiger charge is 2.31. The lowest BCUT2D eigenvalue weighted by molar-refractivity contribution is -0.134. The number of carbonyl (C=O) groups is 2. The Hall–Kier alpha value is -2.93. The van der Waals surface area contributed by atoms with Crippen LogP contribution >= 0.6 is 0 Å². The van der Waals surface area contributed by atoms with Crippen molar-refractivity contribution < 1.29 is 14.3 Å². The maximum atomic E-state index is 12.4. The van der Waals surface area contributed by atoms with Gasteiger partial charge in [-0.1, -0.05) is 18.2 Å². The Balaban J connectivity index is 1.58.